The van der Waals surface area contributed by atoms with Gasteiger partial charge in [-0.3, -0.25) is 4.79 Å². The predicted molar refractivity (Wildman–Crippen MR) is 75.7 cm³/mol. The fourth-order valence-corrected chi connectivity index (χ4v) is 2.27. The zero-order chi connectivity index (χ0) is 15.0. The third kappa shape index (κ3) is 5.77. The van der Waals surface area contributed by atoms with Crippen molar-refractivity contribution >= 4 is 12.0 Å². The second-order valence-corrected chi connectivity index (χ2v) is 5.29. The zero-order valence-electron chi connectivity index (χ0n) is 12.4. The van der Waals surface area contributed by atoms with Crippen molar-refractivity contribution in [2.24, 2.45) is 0 Å². The summed E-state index contributed by atoms with van der Waals surface area (Å²) in [5, 5.41) is 11.7. The highest BCUT2D eigenvalue weighted by Crippen LogP contribution is 2.15. The van der Waals surface area contributed by atoms with Crippen LogP contribution in [0.3, 0.4) is 0 Å². The van der Waals surface area contributed by atoms with Gasteiger partial charge in [0.1, 0.15) is 6.54 Å². The Morgan fingerprint density at radius 3 is 2.75 bits per heavy atom. The summed E-state index contributed by atoms with van der Waals surface area (Å²) in [7, 11) is 0. The summed E-state index contributed by atoms with van der Waals surface area (Å²) < 4.78 is 5.59. The highest BCUT2D eigenvalue weighted by atomic mass is 16.5. The van der Waals surface area contributed by atoms with E-state index < -0.39 is 5.97 Å². The molecule has 1 heterocycles. The second kappa shape index (κ2) is 8.79. The summed E-state index contributed by atoms with van der Waals surface area (Å²) in [5.41, 5.74) is 0. The van der Waals surface area contributed by atoms with Gasteiger partial charge in [0, 0.05) is 19.2 Å². The molecule has 0 aromatic carbocycles. The number of carbonyl (C=O) groups is 2. The van der Waals surface area contributed by atoms with Crippen molar-refractivity contribution in [2.45, 2.75) is 58.1 Å². The number of ether oxygens (including phenoxy) is 1. The lowest BCUT2D eigenvalue weighted by molar-refractivity contribution is -0.138. The van der Waals surface area contributed by atoms with Gasteiger partial charge in [0.15, 0.2) is 0 Å². The smallest absolute Gasteiger partial charge is 0.323 e. The average Bonchev–Trinajstić information content (AvgIpc) is 2.44. The minimum absolute atomic E-state index is 0.0861. The Kier molecular flexibility index (Phi) is 7.36. The molecule has 2 N–H and O–H groups in total. The van der Waals surface area contributed by atoms with Crippen LogP contribution < -0.4 is 5.32 Å². The van der Waals surface area contributed by atoms with E-state index in [1.54, 1.807) is 0 Å². The molecule has 116 valence electrons. The summed E-state index contributed by atoms with van der Waals surface area (Å²) in [6.07, 6.45) is 5.07. The molecule has 1 rings (SSSR count). The largest absolute Gasteiger partial charge is 0.480 e. The van der Waals surface area contributed by atoms with Crippen molar-refractivity contribution in [1.82, 2.24) is 10.2 Å². The van der Waals surface area contributed by atoms with E-state index in [1.165, 1.54) is 11.3 Å². The predicted octanol–water partition coefficient (Wildman–Crippen LogP) is 1.84. The zero-order valence-corrected chi connectivity index (χ0v) is 12.4. The number of rotatable bonds is 7. The molecule has 2 unspecified atom stereocenters. The monoisotopic (exact) mass is 286 g/mol. The Hall–Kier alpha value is -1.30. The van der Waals surface area contributed by atoms with Crippen LogP contribution in [0.4, 0.5) is 4.79 Å². The highest BCUT2D eigenvalue weighted by molar-refractivity contribution is 5.80. The van der Waals surface area contributed by atoms with Gasteiger partial charge in [-0.1, -0.05) is 6.92 Å². The quantitative estimate of drug-likeness (QED) is 0.748. The van der Waals surface area contributed by atoms with E-state index in [1.807, 2.05) is 13.8 Å². The molecule has 0 aromatic rings. The lowest BCUT2D eigenvalue weighted by Gasteiger charge is -2.28. The number of hydrogen-bond donors (Lipinski definition) is 2. The fourth-order valence-electron chi connectivity index (χ4n) is 2.27. The summed E-state index contributed by atoms with van der Waals surface area (Å²) in [5.74, 6) is -0.990. The van der Waals surface area contributed by atoms with Crippen molar-refractivity contribution in [2.75, 3.05) is 19.7 Å². The lowest BCUT2D eigenvalue weighted by atomic mass is 10.1. The van der Waals surface area contributed by atoms with Crippen molar-refractivity contribution in [3.8, 4) is 0 Å². The first-order valence-electron chi connectivity index (χ1n) is 7.42. The number of carbonyl (C=O) groups excluding carboxylic acids is 1. The van der Waals surface area contributed by atoms with E-state index in [4.69, 9.17) is 9.84 Å². The molecule has 0 aliphatic carbocycles. The Bertz CT molecular complexity index is 316. The van der Waals surface area contributed by atoms with Gasteiger partial charge in [-0.25, -0.2) is 4.79 Å². The van der Waals surface area contributed by atoms with Crippen LogP contribution in [-0.2, 0) is 9.53 Å². The number of amides is 2. The van der Waals surface area contributed by atoms with Crippen LogP contribution in [0.2, 0.25) is 0 Å². The van der Waals surface area contributed by atoms with Gasteiger partial charge < -0.3 is 20.1 Å². The summed E-state index contributed by atoms with van der Waals surface area (Å²) >= 11 is 0. The number of carboxylic acid groups (broad SMARTS) is 1. The van der Waals surface area contributed by atoms with Crippen LogP contribution in [0.1, 0.15) is 46.0 Å². The molecular weight excluding hydrogens is 260 g/mol. The average molecular weight is 286 g/mol. The van der Waals surface area contributed by atoms with E-state index in [9.17, 15) is 9.59 Å². The maximum absolute atomic E-state index is 12.0. The Morgan fingerprint density at radius 1 is 1.45 bits per heavy atom. The van der Waals surface area contributed by atoms with Gasteiger partial charge >= 0.3 is 12.0 Å². The Balaban J connectivity index is 2.34. The van der Waals surface area contributed by atoms with Gasteiger partial charge in [0.05, 0.1) is 6.10 Å². The van der Waals surface area contributed by atoms with Gasteiger partial charge in [-0.15, -0.1) is 0 Å². The van der Waals surface area contributed by atoms with Crippen molar-refractivity contribution in [3.05, 3.63) is 0 Å². The number of hydrogen-bond acceptors (Lipinski definition) is 3. The van der Waals surface area contributed by atoms with Crippen molar-refractivity contribution in [1.29, 1.82) is 0 Å². The Labute approximate surface area is 120 Å². The maximum atomic E-state index is 12.0. The standard InChI is InChI=1S/C14H26N2O4/c1-3-11(2)16(10-13(17)18)14(19)15-8-7-12-6-4-5-9-20-12/h11-12H,3-10H2,1-2H3,(H,15,19)(H,17,18). The summed E-state index contributed by atoms with van der Waals surface area (Å²) in [6, 6.07) is -0.394. The van der Waals surface area contributed by atoms with Crippen LogP contribution in [0.5, 0.6) is 0 Å². The first-order valence-corrected chi connectivity index (χ1v) is 7.42. The number of aliphatic carboxylic acids is 1. The molecule has 6 heteroatoms. The molecule has 1 fully saturated rings. The first-order chi connectivity index (χ1) is 9.54. The van der Waals surface area contributed by atoms with Crippen molar-refractivity contribution in [3.63, 3.8) is 0 Å². The van der Waals surface area contributed by atoms with Gasteiger partial charge in [-0.2, -0.15) is 0 Å². The fraction of sp³-hybridized carbons (Fsp3) is 0.857. The number of urea groups is 1. The summed E-state index contributed by atoms with van der Waals surface area (Å²) in [6.45, 7) is 4.85. The molecule has 1 aliphatic rings. The molecule has 0 saturated carbocycles. The second-order valence-electron chi connectivity index (χ2n) is 5.29. The van der Waals surface area contributed by atoms with Crippen LogP contribution in [0.25, 0.3) is 0 Å². The lowest BCUT2D eigenvalue weighted by Crippen LogP contribution is -2.47. The van der Waals surface area contributed by atoms with E-state index in [2.05, 4.69) is 5.32 Å². The number of carboxylic acids is 1. The topological polar surface area (TPSA) is 78.9 Å². The van der Waals surface area contributed by atoms with Crippen molar-refractivity contribution < 1.29 is 19.4 Å². The normalized spacial score (nSPS) is 20.2. The van der Waals surface area contributed by atoms with E-state index >= 15 is 0 Å². The number of nitrogens with one attached hydrogen (secondary N) is 1. The molecule has 1 saturated heterocycles. The molecule has 2 atom stereocenters. The van der Waals surface area contributed by atoms with Gasteiger partial charge in [0.25, 0.3) is 0 Å². The molecular formula is C14H26N2O4. The van der Waals surface area contributed by atoms with E-state index in [0.29, 0.717) is 6.54 Å². The molecule has 20 heavy (non-hydrogen) atoms. The number of nitrogens with zero attached hydrogens (tertiary/aromatic N) is 1. The van der Waals surface area contributed by atoms with Crippen LogP contribution in [0.15, 0.2) is 0 Å². The molecule has 0 spiro atoms. The molecule has 0 bridgehead atoms. The van der Waals surface area contributed by atoms with Gasteiger partial charge in [-0.05, 0) is 39.0 Å². The van der Waals surface area contributed by atoms with E-state index in [0.717, 1.165) is 32.3 Å². The van der Waals surface area contributed by atoms with Gasteiger partial charge in [0.2, 0.25) is 0 Å². The minimum atomic E-state index is -0.990. The third-order valence-corrected chi connectivity index (χ3v) is 3.71. The molecule has 6 nitrogen and oxygen atoms in total. The first kappa shape index (κ1) is 16.8. The molecule has 0 aromatic heterocycles. The SMILES string of the molecule is CCC(C)N(CC(=O)O)C(=O)NCCC1CCCCO1. The highest BCUT2D eigenvalue weighted by Gasteiger charge is 2.21. The van der Waals surface area contributed by atoms with Crippen LogP contribution in [-0.4, -0.2) is 53.8 Å². The third-order valence-electron chi connectivity index (χ3n) is 3.71. The molecule has 2 amide bonds. The molecule has 0 radical (unpaired) electrons. The maximum Gasteiger partial charge on any atom is 0.323 e. The summed E-state index contributed by atoms with van der Waals surface area (Å²) in [4.78, 5) is 24.2. The van der Waals surface area contributed by atoms with Crippen LogP contribution >= 0.6 is 0 Å². The minimum Gasteiger partial charge on any atom is -0.480 e. The molecule has 1 aliphatic heterocycles. The van der Waals surface area contributed by atoms with Crippen LogP contribution in [0, 0.1) is 0 Å². The Morgan fingerprint density at radius 2 is 2.20 bits per heavy atom. The van der Waals surface area contributed by atoms with E-state index in [-0.39, 0.29) is 24.7 Å².